The van der Waals surface area contributed by atoms with Gasteiger partial charge in [0.05, 0.1) is 11.7 Å². The molecule has 4 saturated carbocycles. The molecule has 32 heavy (non-hydrogen) atoms. The van der Waals surface area contributed by atoms with Crippen molar-refractivity contribution in [1.29, 1.82) is 0 Å². The van der Waals surface area contributed by atoms with E-state index in [0.29, 0.717) is 17.8 Å². The zero-order valence-corrected chi connectivity index (χ0v) is 21.8. The summed E-state index contributed by atoms with van der Waals surface area (Å²) in [5, 5.41) is 22.6. The highest BCUT2D eigenvalue weighted by Crippen LogP contribution is 2.70. The molecule has 10 atom stereocenters. The molecule has 0 saturated heterocycles. The fourth-order valence-electron chi connectivity index (χ4n) is 9.96. The molecule has 0 aromatic rings. The minimum Gasteiger partial charge on any atom is -0.393 e. The molecule has 0 aliphatic heterocycles. The average Bonchev–Trinajstić information content (AvgIpc) is 3.07. The Bertz CT molecular complexity index is 672. The van der Waals surface area contributed by atoms with Gasteiger partial charge >= 0.3 is 0 Å². The molecule has 0 radical (unpaired) electrons. The highest BCUT2D eigenvalue weighted by Gasteiger charge is 2.67. The predicted octanol–water partition coefficient (Wildman–Crippen LogP) is 7.39. The van der Waals surface area contributed by atoms with Gasteiger partial charge in [-0.2, -0.15) is 0 Å². The SMILES string of the molecule is C=CC[C@@H]1C[C@H]2[C@@H]3CC[C@H]([C@H](C)CCCC(C)C)[C@@]3(C)CC[C@@H]2[C@@]2(C)CC[C@H](O)C[C@]12O. The van der Waals surface area contributed by atoms with Gasteiger partial charge in [-0.15, -0.1) is 6.58 Å². The zero-order valence-electron chi connectivity index (χ0n) is 21.8. The molecule has 2 N–H and O–H groups in total. The van der Waals surface area contributed by atoms with Gasteiger partial charge in [-0.05, 0) is 104 Å². The van der Waals surface area contributed by atoms with E-state index in [1.165, 1.54) is 44.9 Å². The number of aliphatic hydroxyl groups excluding tert-OH is 1. The Labute approximate surface area is 198 Å². The maximum Gasteiger partial charge on any atom is 0.0759 e. The summed E-state index contributed by atoms with van der Waals surface area (Å²) in [6, 6.07) is 0. The zero-order chi connectivity index (χ0) is 23.3. The molecule has 4 aliphatic rings. The van der Waals surface area contributed by atoms with Gasteiger partial charge in [0.25, 0.3) is 0 Å². The monoisotopic (exact) mass is 444 g/mol. The third kappa shape index (κ3) is 3.84. The lowest BCUT2D eigenvalue weighted by Crippen LogP contribution is -2.66. The lowest BCUT2D eigenvalue weighted by Gasteiger charge is -2.66. The minimum atomic E-state index is -0.726. The second-order valence-corrected chi connectivity index (χ2v) is 13.6. The van der Waals surface area contributed by atoms with Gasteiger partial charge in [-0.1, -0.05) is 60.0 Å². The Morgan fingerprint density at radius 2 is 1.75 bits per heavy atom. The van der Waals surface area contributed by atoms with Crippen molar-refractivity contribution in [2.24, 2.45) is 52.3 Å². The van der Waals surface area contributed by atoms with E-state index < -0.39 is 5.60 Å². The maximum absolute atomic E-state index is 12.1. The largest absolute Gasteiger partial charge is 0.393 e. The molecular weight excluding hydrogens is 392 g/mol. The summed E-state index contributed by atoms with van der Waals surface area (Å²) in [4.78, 5) is 0. The molecule has 0 unspecified atom stereocenters. The van der Waals surface area contributed by atoms with Gasteiger partial charge in [0, 0.05) is 6.42 Å². The van der Waals surface area contributed by atoms with Crippen molar-refractivity contribution in [2.75, 3.05) is 0 Å². The Balaban J connectivity index is 1.57. The second kappa shape index (κ2) is 9.03. The number of rotatable bonds is 7. The fraction of sp³-hybridized carbons (Fsp3) is 0.933. The highest BCUT2D eigenvalue weighted by molar-refractivity contribution is 5.17. The van der Waals surface area contributed by atoms with E-state index in [1.54, 1.807) is 0 Å². The van der Waals surface area contributed by atoms with Crippen molar-refractivity contribution in [3.63, 3.8) is 0 Å². The van der Waals surface area contributed by atoms with E-state index in [4.69, 9.17) is 0 Å². The number of aliphatic hydroxyl groups is 2. The van der Waals surface area contributed by atoms with Crippen LogP contribution >= 0.6 is 0 Å². The van der Waals surface area contributed by atoms with Gasteiger partial charge in [0.1, 0.15) is 0 Å². The van der Waals surface area contributed by atoms with E-state index in [2.05, 4.69) is 41.2 Å². The molecule has 0 heterocycles. The highest BCUT2D eigenvalue weighted by atomic mass is 16.3. The first-order valence-corrected chi connectivity index (χ1v) is 14.1. The van der Waals surface area contributed by atoms with Crippen molar-refractivity contribution >= 4 is 0 Å². The third-order valence-corrected chi connectivity index (χ3v) is 11.7. The van der Waals surface area contributed by atoms with Crippen LogP contribution in [0, 0.1) is 52.3 Å². The smallest absolute Gasteiger partial charge is 0.0759 e. The van der Waals surface area contributed by atoms with Crippen LogP contribution in [0.4, 0.5) is 0 Å². The van der Waals surface area contributed by atoms with Crippen molar-refractivity contribution in [3.05, 3.63) is 12.7 Å². The number of hydrogen-bond acceptors (Lipinski definition) is 2. The summed E-state index contributed by atoms with van der Waals surface area (Å²) in [6.07, 6.45) is 15.7. The van der Waals surface area contributed by atoms with Crippen molar-refractivity contribution < 1.29 is 10.2 Å². The number of hydrogen-bond donors (Lipinski definition) is 2. The summed E-state index contributed by atoms with van der Waals surface area (Å²) < 4.78 is 0. The van der Waals surface area contributed by atoms with Crippen LogP contribution in [-0.2, 0) is 0 Å². The van der Waals surface area contributed by atoms with Gasteiger partial charge in [-0.3, -0.25) is 0 Å². The van der Waals surface area contributed by atoms with Crippen LogP contribution in [0.5, 0.6) is 0 Å². The lowest BCUT2D eigenvalue weighted by atomic mass is 9.40. The Morgan fingerprint density at radius 3 is 2.44 bits per heavy atom. The Morgan fingerprint density at radius 1 is 1.00 bits per heavy atom. The molecular formula is C30H52O2. The molecule has 2 heteroatoms. The first-order valence-electron chi connectivity index (χ1n) is 14.1. The van der Waals surface area contributed by atoms with E-state index in [9.17, 15) is 10.2 Å². The topological polar surface area (TPSA) is 40.5 Å². The van der Waals surface area contributed by atoms with Crippen molar-refractivity contribution in [2.45, 2.75) is 123 Å². The van der Waals surface area contributed by atoms with Crippen molar-refractivity contribution in [3.8, 4) is 0 Å². The molecule has 2 nitrogen and oxygen atoms in total. The summed E-state index contributed by atoms with van der Waals surface area (Å²) >= 11 is 0. The molecule has 0 aromatic heterocycles. The standard InChI is InChI=1S/C30H52O2/c1-7-9-22-18-24-26-13-12-25(21(4)11-8-10-20(2)3)28(26,5)16-15-27(24)29(6)17-14-23(31)19-30(22,29)32/h7,20-27,31-32H,1,8-19H2,2-6H3/t21-,22-,23+,24+,25-,26+,27+,28-,29-,30+/m1/s1. The quantitative estimate of drug-likeness (QED) is 0.402. The average molecular weight is 445 g/mol. The first-order chi connectivity index (χ1) is 15.1. The Kier molecular flexibility index (Phi) is 6.99. The number of fused-ring (bicyclic) bond motifs is 5. The summed E-state index contributed by atoms with van der Waals surface area (Å²) in [6.45, 7) is 16.4. The number of allylic oxidation sites excluding steroid dienone is 1. The molecule has 0 spiro atoms. The Hall–Kier alpha value is -0.340. The molecule has 4 fully saturated rings. The van der Waals surface area contributed by atoms with Crippen molar-refractivity contribution in [1.82, 2.24) is 0 Å². The van der Waals surface area contributed by atoms with E-state index in [0.717, 1.165) is 55.3 Å². The molecule has 0 bridgehead atoms. The van der Waals surface area contributed by atoms with Crippen LogP contribution in [0.3, 0.4) is 0 Å². The third-order valence-electron chi connectivity index (χ3n) is 11.7. The molecule has 0 amide bonds. The predicted molar refractivity (Wildman–Crippen MR) is 134 cm³/mol. The van der Waals surface area contributed by atoms with Crippen LogP contribution in [0.25, 0.3) is 0 Å². The van der Waals surface area contributed by atoms with Gasteiger partial charge in [0.2, 0.25) is 0 Å². The van der Waals surface area contributed by atoms with E-state index in [-0.39, 0.29) is 17.4 Å². The molecule has 4 aliphatic carbocycles. The summed E-state index contributed by atoms with van der Waals surface area (Å²) in [5.41, 5.74) is -0.293. The molecule has 184 valence electrons. The first kappa shape index (κ1) is 24.8. The summed E-state index contributed by atoms with van der Waals surface area (Å²) in [5.74, 6) is 4.97. The molecule has 4 rings (SSSR count). The van der Waals surface area contributed by atoms with Gasteiger partial charge < -0.3 is 10.2 Å². The maximum atomic E-state index is 12.1. The lowest BCUT2D eigenvalue weighted by molar-refractivity contribution is -0.247. The normalized spacial score (nSPS) is 49.2. The van der Waals surface area contributed by atoms with Gasteiger partial charge in [0.15, 0.2) is 0 Å². The summed E-state index contributed by atoms with van der Waals surface area (Å²) in [7, 11) is 0. The van der Waals surface area contributed by atoms with Crippen LogP contribution in [0.15, 0.2) is 12.7 Å². The van der Waals surface area contributed by atoms with Crippen LogP contribution in [-0.4, -0.2) is 21.9 Å². The second-order valence-electron chi connectivity index (χ2n) is 13.6. The minimum absolute atomic E-state index is 0.0505. The van der Waals surface area contributed by atoms with Crippen LogP contribution < -0.4 is 0 Å². The molecule has 0 aromatic carbocycles. The van der Waals surface area contributed by atoms with Crippen LogP contribution in [0.1, 0.15) is 112 Å². The van der Waals surface area contributed by atoms with E-state index in [1.807, 2.05) is 6.08 Å². The fourth-order valence-corrected chi connectivity index (χ4v) is 9.96. The van der Waals surface area contributed by atoms with E-state index >= 15 is 0 Å². The van der Waals surface area contributed by atoms with Gasteiger partial charge in [-0.25, -0.2) is 0 Å². The van der Waals surface area contributed by atoms with Crippen LogP contribution in [0.2, 0.25) is 0 Å².